The molecule has 27 heavy (non-hydrogen) atoms. The maximum Gasteiger partial charge on any atom is 0.346 e. The quantitative estimate of drug-likeness (QED) is 0.526. The van der Waals surface area contributed by atoms with Gasteiger partial charge in [-0.2, -0.15) is 0 Å². The Morgan fingerprint density at radius 2 is 1.19 bits per heavy atom. The average molecular weight is 379 g/mol. The van der Waals surface area contributed by atoms with Crippen molar-refractivity contribution in [3.8, 4) is 0 Å². The van der Waals surface area contributed by atoms with E-state index in [0.29, 0.717) is 0 Å². The van der Waals surface area contributed by atoms with Gasteiger partial charge in [-0.05, 0) is 16.7 Å². The summed E-state index contributed by atoms with van der Waals surface area (Å²) in [4.78, 5) is 19.8. The van der Waals surface area contributed by atoms with Gasteiger partial charge in [0.25, 0.3) is 0 Å². The van der Waals surface area contributed by atoms with Gasteiger partial charge in [-0.3, -0.25) is 9.88 Å². The molecule has 0 radical (unpaired) electrons. The van der Waals surface area contributed by atoms with E-state index in [2.05, 4.69) is 5.32 Å². The molecule has 0 unspecified atom stereocenters. The van der Waals surface area contributed by atoms with Crippen LogP contribution in [0, 0.1) is 0 Å². The smallest absolute Gasteiger partial charge is 0.323 e. The molecule has 5 heteroatoms. The molecule has 138 valence electrons. The predicted octanol–water partition coefficient (Wildman–Crippen LogP) is 4.58. The molecule has 0 aliphatic carbocycles. The number of hydrogen-bond donors (Lipinski definition) is 3. The van der Waals surface area contributed by atoms with Gasteiger partial charge in [0.1, 0.15) is 5.78 Å². The number of nitrogens with one attached hydrogen (secondary N) is 1. The lowest BCUT2D eigenvalue weighted by atomic mass is 9.99. The van der Waals surface area contributed by atoms with E-state index in [9.17, 15) is 14.4 Å². The van der Waals surface area contributed by atoms with Gasteiger partial charge < -0.3 is 9.79 Å². The van der Waals surface area contributed by atoms with Crippen LogP contribution >= 0.6 is 7.60 Å². The minimum Gasteiger partial charge on any atom is -0.323 e. The van der Waals surface area contributed by atoms with E-state index in [1.807, 2.05) is 91.0 Å². The molecule has 3 N–H and O–H groups in total. The van der Waals surface area contributed by atoms with E-state index < -0.39 is 13.4 Å². The third-order valence-electron chi connectivity index (χ3n) is 4.24. The zero-order valence-corrected chi connectivity index (χ0v) is 15.6. The summed E-state index contributed by atoms with van der Waals surface area (Å²) < 4.78 is 12.1. The fourth-order valence-electron chi connectivity index (χ4n) is 2.88. The van der Waals surface area contributed by atoms with Crippen molar-refractivity contribution in [3.05, 3.63) is 114 Å². The first-order valence-corrected chi connectivity index (χ1v) is 10.4. The molecular weight excluding hydrogens is 357 g/mol. The van der Waals surface area contributed by atoms with Gasteiger partial charge in [-0.1, -0.05) is 103 Å². The number of benzene rings is 3. The molecule has 3 aromatic carbocycles. The van der Waals surface area contributed by atoms with Gasteiger partial charge in [-0.25, -0.2) is 0 Å². The molecule has 3 aromatic rings. The van der Waals surface area contributed by atoms with Gasteiger partial charge in [0.05, 0.1) is 6.04 Å². The van der Waals surface area contributed by atoms with Crippen LogP contribution < -0.4 is 5.32 Å². The molecule has 0 aliphatic rings. The van der Waals surface area contributed by atoms with Crippen LogP contribution in [0.15, 0.2) is 97.1 Å². The average Bonchev–Trinajstić information content (AvgIpc) is 2.69. The third kappa shape index (κ3) is 5.49. The zero-order chi connectivity index (χ0) is 19.1. The number of hydrogen-bond acceptors (Lipinski definition) is 2. The Morgan fingerprint density at radius 1 is 0.741 bits per heavy atom. The SMILES string of the molecule is O=P(O)(O)[C@H](/C=C/c1ccccc1)NC(c1ccccc1)c1ccccc1. The molecule has 0 saturated carbocycles. The highest BCUT2D eigenvalue weighted by molar-refractivity contribution is 7.52. The van der Waals surface area contributed by atoms with Gasteiger partial charge >= 0.3 is 7.60 Å². The Kier molecular flexibility index (Phi) is 6.38. The molecule has 0 aliphatic heterocycles. The highest BCUT2D eigenvalue weighted by Crippen LogP contribution is 2.42. The van der Waals surface area contributed by atoms with Crippen molar-refractivity contribution in [1.29, 1.82) is 0 Å². The van der Waals surface area contributed by atoms with E-state index in [-0.39, 0.29) is 6.04 Å². The summed E-state index contributed by atoms with van der Waals surface area (Å²) in [6.07, 6.45) is 3.26. The lowest BCUT2D eigenvalue weighted by molar-refractivity contribution is 0.353. The van der Waals surface area contributed by atoms with Gasteiger partial charge in [-0.15, -0.1) is 0 Å². The van der Waals surface area contributed by atoms with E-state index >= 15 is 0 Å². The largest absolute Gasteiger partial charge is 0.346 e. The van der Waals surface area contributed by atoms with Gasteiger partial charge in [0.2, 0.25) is 0 Å². The van der Waals surface area contributed by atoms with Crippen LogP contribution in [0.3, 0.4) is 0 Å². The molecule has 0 heterocycles. The minimum absolute atomic E-state index is 0.342. The molecule has 0 aromatic heterocycles. The summed E-state index contributed by atoms with van der Waals surface area (Å²) >= 11 is 0. The molecule has 0 amide bonds. The monoisotopic (exact) mass is 379 g/mol. The van der Waals surface area contributed by atoms with Crippen molar-refractivity contribution in [2.45, 2.75) is 11.8 Å². The molecule has 0 saturated heterocycles. The summed E-state index contributed by atoms with van der Waals surface area (Å²) in [5.74, 6) is -1.11. The summed E-state index contributed by atoms with van der Waals surface area (Å²) in [5.41, 5.74) is 2.76. The first-order chi connectivity index (χ1) is 13.0. The van der Waals surface area contributed by atoms with Crippen molar-refractivity contribution < 1.29 is 14.4 Å². The standard InChI is InChI=1S/C22H22NO3P/c24-27(25,26)21(17-16-18-10-4-1-5-11-18)23-22(19-12-6-2-7-13-19)20-14-8-3-9-15-20/h1-17,21-23H,(H2,24,25,26)/b17-16+/t21-/m1/s1. The van der Waals surface area contributed by atoms with E-state index in [4.69, 9.17) is 0 Å². The molecule has 0 bridgehead atoms. The Morgan fingerprint density at radius 3 is 1.63 bits per heavy atom. The highest BCUT2D eigenvalue weighted by Gasteiger charge is 2.29. The van der Waals surface area contributed by atoms with Crippen molar-refractivity contribution in [1.82, 2.24) is 5.32 Å². The van der Waals surface area contributed by atoms with Crippen LogP contribution in [0.25, 0.3) is 6.08 Å². The van der Waals surface area contributed by atoms with Crippen LogP contribution in [-0.4, -0.2) is 15.6 Å². The van der Waals surface area contributed by atoms with E-state index in [1.165, 1.54) is 6.08 Å². The van der Waals surface area contributed by atoms with Crippen molar-refractivity contribution >= 4 is 13.7 Å². The molecule has 0 fully saturated rings. The predicted molar refractivity (Wildman–Crippen MR) is 109 cm³/mol. The molecule has 1 atom stereocenters. The summed E-state index contributed by atoms with van der Waals surface area (Å²) in [7, 11) is -4.41. The second-order valence-corrected chi connectivity index (χ2v) is 7.96. The molecular formula is C22H22NO3P. The summed E-state index contributed by atoms with van der Waals surface area (Å²) in [5, 5.41) is 3.15. The first-order valence-electron chi connectivity index (χ1n) is 8.68. The molecule has 3 rings (SSSR count). The topological polar surface area (TPSA) is 69.6 Å². The second kappa shape index (κ2) is 8.94. The summed E-state index contributed by atoms with van der Waals surface area (Å²) in [6, 6.07) is 28.4. The Bertz CT molecular complexity index is 869. The zero-order valence-electron chi connectivity index (χ0n) is 14.7. The van der Waals surface area contributed by atoms with E-state index in [1.54, 1.807) is 6.08 Å². The van der Waals surface area contributed by atoms with Crippen LogP contribution in [-0.2, 0) is 4.57 Å². The Hall–Kier alpha value is -2.49. The third-order valence-corrected chi connectivity index (χ3v) is 5.28. The molecule has 0 spiro atoms. The van der Waals surface area contributed by atoms with Crippen LogP contribution in [0.5, 0.6) is 0 Å². The minimum atomic E-state index is -4.41. The normalized spacial score (nSPS) is 13.1. The van der Waals surface area contributed by atoms with Gasteiger partial charge in [0.15, 0.2) is 0 Å². The summed E-state index contributed by atoms with van der Waals surface area (Å²) in [6.45, 7) is 0. The lowest BCUT2D eigenvalue weighted by Crippen LogP contribution is -2.32. The van der Waals surface area contributed by atoms with Crippen molar-refractivity contribution in [2.75, 3.05) is 0 Å². The van der Waals surface area contributed by atoms with Gasteiger partial charge in [0, 0.05) is 0 Å². The molecule has 4 nitrogen and oxygen atoms in total. The fraction of sp³-hybridized carbons (Fsp3) is 0.0909. The first kappa shape index (κ1) is 19.3. The lowest BCUT2D eigenvalue weighted by Gasteiger charge is -2.25. The Balaban J connectivity index is 1.93. The number of rotatable bonds is 7. The maximum atomic E-state index is 12.1. The Labute approximate surface area is 159 Å². The van der Waals surface area contributed by atoms with Crippen molar-refractivity contribution in [3.63, 3.8) is 0 Å². The second-order valence-electron chi connectivity index (χ2n) is 6.22. The van der Waals surface area contributed by atoms with Crippen LogP contribution in [0.4, 0.5) is 0 Å². The fourth-order valence-corrected chi connectivity index (χ4v) is 3.53. The van der Waals surface area contributed by atoms with Crippen LogP contribution in [0.1, 0.15) is 22.7 Å². The highest BCUT2D eigenvalue weighted by atomic mass is 31.2. The maximum absolute atomic E-state index is 12.1. The van der Waals surface area contributed by atoms with Crippen LogP contribution in [0.2, 0.25) is 0 Å². The van der Waals surface area contributed by atoms with E-state index in [0.717, 1.165) is 16.7 Å². The van der Waals surface area contributed by atoms with Crippen molar-refractivity contribution in [2.24, 2.45) is 0 Å².